The summed E-state index contributed by atoms with van der Waals surface area (Å²) in [4.78, 5) is 4.59. The minimum atomic E-state index is -0.501. The number of hydrogen-bond acceptors (Lipinski definition) is 5. The number of rotatable bonds is 10. The van der Waals surface area contributed by atoms with Crippen molar-refractivity contribution in [2.24, 2.45) is 0 Å². The zero-order valence-corrected chi connectivity index (χ0v) is 14.6. The lowest BCUT2D eigenvalue weighted by Gasteiger charge is -2.30. The fourth-order valence-electron chi connectivity index (χ4n) is 2.75. The first-order valence-corrected chi connectivity index (χ1v) is 8.58. The first kappa shape index (κ1) is 18.0. The smallest absolute Gasteiger partial charge is 0.161 e. The second kappa shape index (κ2) is 9.11. The monoisotopic (exact) mass is 322 g/mol. The van der Waals surface area contributed by atoms with Gasteiger partial charge >= 0.3 is 0 Å². The number of benzene rings is 1. The quantitative estimate of drug-likeness (QED) is 0.714. The SMILES string of the molecule is CCN(CC)C[C@@H](O)COc1cc(CN2CCC2)ccc1OC. The second-order valence-electron chi connectivity index (χ2n) is 6.07. The minimum absolute atomic E-state index is 0.278. The highest BCUT2D eigenvalue weighted by atomic mass is 16.5. The van der Waals surface area contributed by atoms with Crippen LogP contribution in [0.3, 0.4) is 0 Å². The molecule has 1 aliphatic heterocycles. The van der Waals surface area contributed by atoms with Gasteiger partial charge in [-0.3, -0.25) is 4.90 Å². The molecule has 1 N–H and O–H groups in total. The van der Waals surface area contributed by atoms with Crippen LogP contribution in [0, 0.1) is 0 Å². The van der Waals surface area contributed by atoms with Crippen molar-refractivity contribution < 1.29 is 14.6 Å². The van der Waals surface area contributed by atoms with Crippen molar-refractivity contribution in [2.45, 2.75) is 32.9 Å². The lowest BCUT2D eigenvalue weighted by Crippen LogP contribution is -2.36. The Labute approximate surface area is 139 Å². The molecule has 1 atom stereocenters. The van der Waals surface area contributed by atoms with Crippen molar-refractivity contribution in [3.63, 3.8) is 0 Å². The summed E-state index contributed by atoms with van der Waals surface area (Å²) in [6.07, 6.45) is 0.787. The van der Waals surface area contributed by atoms with Crippen molar-refractivity contribution in [3.05, 3.63) is 23.8 Å². The summed E-state index contributed by atoms with van der Waals surface area (Å²) in [5.74, 6) is 1.43. The first-order valence-electron chi connectivity index (χ1n) is 8.58. The Morgan fingerprint density at radius 2 is 1.96 bits per heavy atom. The number of methoxy groups -OCH3 is 1. The number of ether oxygens (including phenoxy) is 2. The maximum Gasteiger partial charge on any atom is 0.161 e. The highest BCUT2D eigenvalue weighted by Gasteiger charge is 2.16. The van der Waals surface area contributed by atoms with E-state index in [1.807, 2.05) is 12.1 Å². The van der Waals surface area contributed by atoms with Crippen LogP contribution in [0.4, 0.5) is 0 Å². The molecule has 0 saturated carbocycles. The average molecular weight is 322 g/mol. The molecule has 1 aromatic carbocycles. The van der Waals surface area contributed by atoms with E-state index < -0.39 is 6.10 Å². The summed E-state index contributed by atoms with van der Waals surface area (Å²) in [6, 6.07) is 6.05. The van der Waals surface area contributed by atoms with Gasteiger partial charge in [0.2, 0.25) is 0 Å². The molecular weight excluding hydrogens is 292 g/mol. The molecule has 1 aromatic rings. The van der Waals surface area contributed by atoms with Gasteiger partial charge in [0, 0.05) is 13.1 Å². The Morgan fingerprint density at radius 3 is 2.52 bits per heavy atom. The van der Waals surface area contributed by atoms with Crippen molar-refractivity contribution in [3.8, 4) is 11.5 Å². The molecular formula is C18H30N2O3. The fourth-order valence-corrected chi connectivity index (χ4v) is 2.75. The summed E-state index contributed by atoms with van der Waals surface area (Å²) in [5.41, 5.74) is 1.22. The molecule has 0 bridgehead atoms. The first-order chi connectivity index (χ1) is 11.2. The number of likely N-dealkylation sites (tertiary alicyclic amines) is 1. The van der Waals surface area contributed by atoms with Crippen LogP contribution in [-0.2, 0) is 6.54 Å². The molecule has 5 heteroatoms. The largest absolute Gasteiger partial charge is 0.493 e. The number of aliphatic hydroxyl groups is 1. The third kappa shape index (κ3) is 5.37. The van der Waals surface area contributed by atoms with Crippen molar-refractivity contribution >= 4 is 0 Å². The zero-order valence-electron chi connectivity index (χ0n) is 14.6. The van der Waals surface area contributed by atoms with E-state index in [4.69, 9.17) is 9.47 Å². The maximum atomic E-state index is 10.2. The van der Waals surface area contributed by atoms with E-state index in [0.29, 0.717) is 18.0 Å². The summed E-state index contributed by atoms with van der Waals surface area (Å²) >= 11 is 0. The molecule has 1 fully saturated rings. The topological polar surface area (TPSA) is 45.2 Å². The Kier molecular flexibility index (Phi) is 7.15. The van der Waals surface area contributed by atoms with Gasteiger partial charge in [0.1, 0.15) is 12.7 Å². The maximum absolute atomic E-state index is 10.2. The van der Waals surface area contributed by atoms with Crippen LogP contribution in [0.5, 0.6) is 11.5 Å². The molecule has 0 radical (unpaired) electrons. The van der Waals surface area contributed by atoms with Crippen LogP contribution in [0.15, 0.2) is 18.2 Å². The van der Waals surface area contributed by atoms with E-state index in [1.165, 1.54) is 25.1 Å². The number of likely N-dealkylation sites (N-methyl/N-ethyl adjacent to an activating group) is 1. The van der Waals surface area contributed by atoms with Crippen LogP contribution in [0.1, 0.15) is 25.8 Å². The molecule has 1 heterocycles. The number of aliphatic hydroxyl groups excluding tert-OH is 1. The van der Waals surface area contributed by atoms with E-state index in [9.17, 15) is 5.11 Å². The number of hydrogen-bond donors (Lipinski definition) is 1. The van der Waals surface area contributed by atoms with Crippen LogP contribution in [0.25, 0.3) is 0 Å². The normalized spacial score (nSPS) is 16.2. The summed E-state index contributed by atoms with van der Waals surface area (Å²) in [5, 5.41) is 10.2. The lowest BCUT2D eigenvalue weighted by molar-refractivity contribution is 0.0705. The van der Waals surface area contributed by atoms with Crippen LogP contribution in [-0.4, -0.2) is 67.5 Å². The molecule has 2 rings (SSSR count). The molecule has 130 valence electrons. The van der Waals surface area contributed by atoms with Crippen LogP contribution >= 0.6 is 0 Å². The van der Waals surface area contributed by atoms with E-state index in [-0.39, 0.29) is 6.61 Å². The van der Waals surface area contributed by atoms with Gasteiger partial charge in [0.15, 0.2) is 11.5 Å². The predicted octanol–water partition coefficient (Wildman–Crippen LogP) is 1.98. The molecule has 0 aliphatic carbocycles. The highest BCUT2D eigenvalue weighted by Crippen LogP contribution is 2.29. The van der Waals surface area contributed by atoms with Gasteiger partial charge < -0.3 is 19.5 Å². The second-order valence-corrected chi connectivity index (χ2v) is 6.07. The molecule has 0 unspecified atom stereocenters. The molecule has 0 aromatic heterocycles. The fraction of sp³-hybridized carbons (Fsp3) is 0.667. The van der Waals surface area contributed by atoms with Crippen molar-refractivity contribution in [2.75, 3.05) is 46.4 Å². The Morgan fingerprint density at radius 1 is 1.22 bits per heavy atom. The highest BCUT2D eigenvalue weighted by molar-refractivity contribution is 5.43. The molecule has 1 aliphatic rings. The van der Waals surface area contributed by atoms with Gasteiger partial charge in [-0.05, 0) is 50.3 Å². The third-order valence-corrected chi connectivity index (χ3v) is 4.38. The zero-order chi connectivity index (χ0) is 16.7. The minimum Gasteiger partial charge on any atom is -0.493 e. The van der Waals surface area contributed by atoms with Gasteiger partial charge in [-0.1, -0.05) is 19.9 Å². The standard InChI is InChI=1S/C18H30N2O3/c1-4-19(5-2)13-16(21)14-23-18-11-15(7-8-17(18)22-3)12-20-9-6-10-20/h7-8,11,16,21H,4-6,9-10,12-14H2,1-3H3/t16-/m1/s1. The van der Waals surface area contributed by atoms with Gasteiger partial charge in [-0.15, -0.1) is 0 Å². The summed E-state index contributed by atoms with van der Waals surface area (Å²) in [6.45, 7) is 10.3. The van der Waals surface area contributed by atoms with E-state index in [0.717, 1.165) is 19.6 Å². The van der Waals surface area contributed by atoms with Gasteiger partial charge in [-0.25, -0.2) is 0 Å². The Bertz CT molecular complexity index is 473. The lowest BCUT2D eigenvalue weighted by atomic mass is 10.1. The third-order valence-electron chi connectivity index (χ3n) is 4.38. The van der Waals surface area contributed by atoms with Gasteiger partial charge in [0.05, 0.1) is 7.11 Å². The summed E-state index contributed by atoms with van der Waals surface area (Å²) < 4.78 is 11.2. The number of nitrogens with zero attached hydrogens (tertiary/aromatic N) is 2. The van der Waals surface area contributed by atoms with Crippen molar-refractivity contribution in [1.82, 2.24) is 9.80 Å². The van der Waals surface area contributed by atoms with Crippen LogP contribution < -0.4 is 9.47 Å². The Hall–Kier alpha value is -1.30. The average Bonchev–Trinajstić information content (AvgIpc) is 2.54. The molecule has 5 nitrogen and oxygen atoms in total. The van der Waals surface area contributed by atoms with Gasteiger partial charge in [0.25, 0.3) is 0 Å². The molecule has 23 heavy (non-hydrogen) atoms. The molecule has 0 amide bonds. The molecule has 0 spiro atoms. The van der Waals surface area contributed by atoms with Crippen molar-refractivity contribution in [1.29, 1.82) is 0 Å². The van der Waals surface area contributed by atoms with Crippen LogP contribution in [0.2, 0.25) is 0 Å². The molecule has 1 saturated heterocycles. The Balaban J connectivity index is 1.92. The predicted molar refractivity (Wildman–Crippen MR) is 92.2 cm³/mol. The van der Waals surface area contributed by atoms with E-state index in [2.05, 4.69) is 29.7 Å². The van der Waals surface area contributed by atoms with E-state index in [1.54, 1.807) is 7.11 Å². The van der Waals surface area contributed by atoms with E-state index >= 15 is 0 Å². The van der Waals surface area contributed by atoms with Gasteiger partial charge in [-0.2, -0.15) is 0 Å². The summed E-state index contributed by atoms with van der Waals surface area (Å²) in [7, 11) is 1.64.